The minimum atomic E-state index is -1.04. The number of benzene rings is 2. The molecule has 1 fully saturated rings. The molecule has 1 N–H and O–H groups in total. The Bertz CT molecular complexity index is 969. The van der Waals surface area contributed by atoms with E-state index in [4.69, 9.17) is 4.74 Å². The second kappa shape index (κ2) is 8.68. The number of Topliss-reactive ketones (excluding diaryl/α,β-unsaturated/α-hetero) is 1. The van der Waals surface area contributed by atoms with Crippen molar-refractivity contribution in [1.29, 1.82) is 0 Å². The molecular weight excluding hydrogens is 372 g/mol. The Morgan fingerprint density at radius 2 is 1.79 bits per heavy atom. The van der Waals surface area contributed by atoms with Crippen molar-refractivity contribution in [3.05, 3.63) is 59.7 Å². The molecule has 1 aliphatic rings. The van der Waals surface area contributed by atoms with Crippen molar-refractivity contribution >= 4 is 34.9 Å². The number of esters is 1. The number of anilines is 2. The summed E-state index contributed by atoms with van der Waals surface area (Å²) < 4.78 is 5.27. The molecule has 0 aromatic heterocycles. The van der Waals surface area contributed by atoms with Crippen molar-refractivity contribution in [3.63, 3.8) is 0 Å². The smallest absolute Gasteiger partial charge is 0.338 e. The Morgan fingerprint density at radius 1 is 1.07 bits per heavy atom. The third kappa shape index (κ3) is 4.87. The molecule has 29 heavy (non-hydrogen) atoms. The molecule has 2 aromatic carbocycles. The quantitative estimate of drug-likeness (QED) is 0.600. The molecule has 0 aliphatic carbocycles. The second-order valence-corrected chi connectivity index (χ2v) is 6.87. The zero-order chi connectivity index (χ0) is 21.0. The number of carbonyl (C=O) groups excluding carboxylic acids is 4. The zero-order valence-electron chi connectivity index (χ0n) is 16.3. The summed E-state index contributed by atoms with van der Waals surface area (Å²) in [5.74, 6) is -1.25. The molecule has 1 aliphatic heterocycles. The van der Waals surface area contributed by atoms with Crippen LogP contribution in [0.25, 0.3) is 0 Å². The number of rotatable bonds is 6. The monoisotopic (exact) mass is 394 g/mol. The van der Waals surface area contributed by atoms with E-state index >= 15 is 0 Å². The van der Waals surface area contributed by atoms with Crippen LogP contribution < -0.4 is 10.2 Å². The molecule has 1 heterocycles. The van der Waals surface area contributed by atoms with Crippen molar-refractivity contribution < 1.29 is 23.9 Å². The first-order chi connectivity index (χ1) is 13.8. The van der Waals surface area contributed by atoms with Gasteiger partial charge < -0.3 is 15.0 Å². The highest BCUT2D eigenvalue weighted by molar-refractivity contribution is 6.00. The molecule has 0 spiro atoms. The first-order valence-corrected chi connectivity index (χ1v) is 9.38. The van der Waals surface area contributed by atoms with Crippen molar-refractivity contribution in [2.75, 3.05) is 16.8 Å². The molecule has 1 atom stereocenters. The third-order valence-corrected chi connectivity index (χ3v) is 4.66. The molecule has 150 valence electrons. The van der Waals surface area contributed by atoms with Crippen LogP contribution in [0.2, 0.25) is 0 Å². The molecule has 7 heteroatoms. The highest BCUT2D eigenvalue weighted by Crippen LogP contribution is 2.23. The minimum Gasteiger partial charge on any atom is -0.449 e. The summed E-state index contributed by atoms with van der Waals surface area (Å²) >= 11 is 0. The Kier molecular flexibility index (Phi) is 6.07. The first kappa shape index (κ1) is 20.3. The Labute approximate surface area is 168 Å². The van der Waals surface area contributed by atoms with Crippen LogP contribution in [0.15, 0.2) is 48.5 Å². The van der Waals surface area contributed by atoms with Crippen molar-refractivity contribution in [2.24, 2.45) is 0 Å². The average Bonchev–Trinajstić information content (AvgIpc) is 3.14. The van der Waals surface area contributed by atoms with Gasteiger partial charge in [0.2, 0.25) is 5.91 Å². The maximum atomic E-state index is 12.5. The van der Waals surface area contributed by atoms with E-state index in [9.17, 15) is 19.2 Å². The highest BCUT2D eigenvalue weighted by atomic mass is 16.5. The molecule has 0 unspecified atom stereocenters. The third-order valence-electron chi connectivity index (χ3n) is 4.66. The van der Waals surface area contributed by atoms with Crippen LogP contribution >= 0.6 is 0 Å². The molecule has 1 saturated heterocycles. The van der Waals surface area contributed by atoms with Gasteiger partial charge in [0.05, 0.1) is 5.56 Å². The minimum absolute atomic E-state index is 0.0241. The van der Waals surface area contributed by atoms with Gasteiger partial charge in [-0.3, -0.25) is 14.4 Å². The number of carbonyl (C=O) groups is 4. The fraction of sp³-hybridized carbons (Fsp3) is 0.273. The van der Waals surface area contributed by atoms with Crippen molar-refractivity contribution in [2.45, 2.75) is 32.8 Å². The lowest BCUT2D eigenvalue weighted by Gasteiger charge is -2.17. The highest BCUT2D eigenvalue weighted by Gasteiger charge is 2.24. The zero-order valence-corrected chi connectivity index (χ0v) is 16.3. The molecule has 2 amide bonds. The lowest BCUT2D eigenvalue weighted by molar-refractivity contribution is -0.123. The molecule has 7 nitrogen and oxygen atoms in total. The predicted molar refractivity (Wildman–Crippen MR) is 108 cm³/mol. The summed E-state index contributed by atoms with van der Waals surface area (Å²) in [5.41, 5.74) is 1.82. The van der Waals surface area contributed by atoms with Crippen molar-refractivity contribution in [1.82, 2.24) is 0 Å². The van der Waals surface area contributed by atoms with Gasteiger partial charge in [0.25, 0.3) is 5.91 Å². The normalized spacial score (nSPS) is 14.4. The number of amides is 2. The van der Waals surface area contributed by atoms with E-state index in [-0.39, 0.29) is 17.3 Å². The van der Waals surface area contributed by atoms with Crippen LogP contribution in [-0.2, 0) is 14.3 Å². The van der Waals surface area contributed by atoms with Gasteiger partial charge in [0.15, 0.2) is 11.9 Å². The molecular formula is C22H22N2O5. The van der Waals surface area contributed by atoms with Crippen LogP contribution in [0.4, 0.5) is 11.4 Å². The fourth-order valence-corrected chi connectivity index (χ4v) is 3.06. The van der Waals surface area contributed by atoms with E-state index in [1.54, 1.807) is 53.4 Å². The van der Waals surface area contributed by atoms with E-state index in [1.165, 1.54) is 13.8 Å². The molecule has 2 aromatic rings. The number of hydrogen-bond donors (Lipinski definition) is 1. The summed E-state index contributed by atoms with van der Waals surface area (Å²) in [6.07, 6.45) is 0.243. The largest absolute Gasteiger partial charge is 0.449 e. The first-order valence-electron chi connectivity index (χ1n) is 9.38. The van der Waals surface area contributed by atoms with Crippen LogP contribution in [0.5, 0.6) is 0 Å². The number of hydrogen-bond acceptors (Lipinski definition) is 5. The lowest BCUT2D eigenvalue weighted by atomic mass is 10.1. The molecule has 0 saturated carbocycles. The van der Waals surface area contributed by atoms with E-state index in [0.29, 0.717) is 29.9 Å². The number of nitrogens with one attached hydrogen (secondary N) is 1. The summed E-state index contributed by atoms with van der Waals surface area (Å²) in [6.45, 7) is 3.53. The SMILES string of the molecule is CC(=O)c1cccc(NC(=O)[C@H](C)OC(=O)c2cccc(N3CCCC3=O)c2)c1. The van der Waals surface area contributed by atoms with Gasteiger partial charge in [0.1, 0.15) is 0 Å². The average molecular weight is 394 g/mol. The second-order valence-electron chi connectivity index (χ2n) is 6.87. The summed E-state index contributed by atoms with van der Waals surface area (Å²) in [5, 5.41) is 2.63. The van der Waals surface area contributed by atoms with E-state index in [1.807, 2.05) is 0 Å². The van der Waals surface area contributed by atoms with Gasteiger partial charge >= 0.3 is 5.97 Å². The summed E-state index contributed by atoms with van der Waals surface area (Å²) in [4.78, 5) is 49.8. The Morgan fingerprint density at radius 3 is 2.48 bits per heavy atom. The van der Waals surface area contributed by atoms with Crippen LogP contribution in [0, 0.1) is 0 Å². The number of ketones is 1. The summed E-state index contributed by atoms with van der Waals surface area (Å²) in [6, 6.07) is 13.1. The Hall–Kier alpha value is -3.48. The van der Waals surface area contributed by atoms with Crippen LogP contribution in [-0.4, -0.2) is 36.2 Å². The number of ether oxygens (including phenoxy) is 1. The van der Waals surface area contributed by atoms with Gasteiger partial charge in [-0.25, -0.2) is 4.79 Å². The lowest BCUT2D eigenvalue weighted by Crippen LogP contribution is -2.30. The fourth-order valence-electron chi connectivity index (χ4n) is 3.06. The molecule has 3 rings (SSSR count). The van der Waals surface area contributed by atoms with Gasteiger partial charge in [0, 0.05) is 29.9 Å². The van der Waals surface area contributed by atoms with E-state index in [0.717, 1.165) is 6.42 Å². The van der Waals surface area contributed by atoms with E-state index in [2.05, 4.69) is 5.32 Å². The molecule has 0 bridgehead atoms. The van der Waals surface area contributed by atoms with Gasteiger partial charge in [-0.2, -0.15) is 0 Å². The van der Waals surface area contributed by atoms with Gasteiger partial charge in [-0.15, -0.1) is 0 Å². The van der Waals surface area contributed by atoms with Gasteiger partial charge in [-0.05, 0) is 50.6 Å². The topological polar surface area (TPSA) is 92.8 Å². The Balaban J connectivity index is 1.64. The van der Waals surface area contributed by atoms with Crippen LogP contribution in [0.3, 0.4) is 0 Å². The van der Waals surface area contributed by atoms with Gasteiger partial charge in [-0.1, -0.05) is 18.2 Å². The number of nitrogens with zero attached hydrogens (tertiary/aromatic N) is 1. The standard InChI is InChI=1S/C22H22N2O5/c1-14(25)16-6-3-8-18(12-16)23-21(27)15(2)29-22(28)17-7-4-9-19(13-17)24-11-5-10-20(24)26/h3-4,6-9,12-13,15H,5,10-11H2,1-2H3,(H,23,27)/t15-/m0/s1. The predicted octanol–water partition coefficient (Wildman–Crippen LogP) is 3.20. The van der Waals surface area contributed by atoms with Crippen molar-refractivity contribution in [3.8, 4) is 0 Å². The maximum Gasteiger partial charge on any atom is 0.338 e. The maximum absolute atomic E-state index is 12.5. The van der Waals surface area contributed by atoms with Crippen LogP contribution in [0.1, 0.15) is 47.4 Å². The molecule has 0 radical (unpaired) electrons. The van der Waals surface area contributed by atoms with E-state index < -0.39 is 18.0 Å². The summed E-state index contributed by atoms with van der Waals surface area (Å²) in [7, 11) is 0.